The molecular weight excluding hydrogens is 392 g/mol. The molecule has 1 aliphatic heterocycles. The van der Waals surface area contributed by atoms with Gasteiger partial charge in [0.15, 0.2) is 0 Å². The van der Waals surface area contributed by atoms with Crippen LogP contribution in [0.4, 0.5) is 5.69 Å². The fraction of sp³-hybridized carbons (Fsp3) is 0.190. The quantitative estimate of drug-likeness (QED) is 0.245. The van der Waals surface area contributed by atoms with Gasteiger partial charge in [0.2, 0.25) is 0 Å². The zero-order valence-corrected chi connectivity index (χ0v) is 15.9. The Bertz CT molecular complexity index is 1070. The molecular formula is C21H18N2O7. The number of ketones is 1. The van der Waals surface area contributed by atoms with E-state index in [1.165, 1.54) is 24.3 Å². The summed E-state index contributed by atoms with van der Waals surface area (Å²) in [5.41, 5.74) is 0.944. The van der Waals surface area contributed by atoms with Crippen molar-refractivity contribution >= 4 is 29.1 Å². The summed E-state index contributed by atoms with van der Waals surface area (Å²) in [5.74, 6) is -3.55. The number of aliphatic hydroxyl groups is 1. The van der Waals surface area contributed by atoms with Gasteiger partial charge in [-0.05, 0) is 12.5 Å². The van der Waals surface area contributed by atoms with Crippen molar-refractivity contribution in [1.29, 1.82) is 0 Å². The van der Waals surface area contributed by atoms with Crippen LogP contribution in [-0.4, -0.2) is 44.2 Å². The first kappa shape index (κ1) is 20.7. The Balaban J connectivity index is 2.19. The highest BCUT2D eigenvalue weighted by Gasteiger charge is 2.46. The van der Waals surface area contributed by atoms with E-state index in [0.29, 0.717) is 5.56 Å². The summed E-state index contributed by atoms with van der Waals surface area (Å²) in [7, 11) is 0. The van der Waals surface area contributed by atoms with E-state index in [-0.39, 0.29) is 23.4 Å². The molecule has 2 aromatic rings. The van der Waals surface area contributed by atoms with E-state index in [9.17, 15) is 29.6 Å². The number of aryl methyl sites for hydroxylation is 1. The molecule has 1 atom stereocenters. The number of amides is 1. The number of hydrogen-bond donors (Lipinski definition) is 2. The molecule has 2 N–H and O–H groups in total. The number of non-ortho nitro benzene ring substituents is 1. The lowest BCUT2D eigenvalue weighted by molar-refractivity contribution is -0.384. The van der Waals surface area contributed by atoms with Crippen molar-refractivity contribution in [3.05, 3.63) is 80.9 Å². The molecule has 1 saturated heterocycles. The molecule has 9 nitrogen and oxygen atoms in total. The van der Waals surface area contributed by atoms with Crippen molar-refractivity contribution < 1.29 is 29.5 Å². The number of hydrogen-bond acceptors (Lipinski definition) is 6. The monoisotopic (exact) mass is 410 g/mol. The van der Waals surface area contributed by atoms with Gasteiger partial charge in [0.25, 0.3) is 17.4 Å². The highest BCUT2D eigenvalue weighted by atomic mass is 16.6. The lowest BCUT2D eigenvalue weighted by Crippen LogP contribution is -2.31. The second-order valence-electron chi connectivity index (χ2n) is 6.85. The number of carboxylic acids is 1. The first-order valence-corrected chi connectivity index (χ1v) is 9.02. The molecule has 0 saturated carbocycles. The molecule has 154 valence electrons. The van der Waals surface area contributed by atoms with Gasteiger partial charge in [0, 0.05) is 24.2 Å². The van der Waals surface area contributed by atoms with E-state index in [2.05, 4.69) is 0 Å². The number of aliphatic hydroxyl groups excluding tert-OH is 1. The molecule has 1 aliphatic rings. The Kier molecular flexibility index (Phi) is 5.63. The topological polar surface area (TPSA) is 138 Å². The number of Topliss-reactive ketones (excluding diaryl/α,β-unsaturated/α-hetero) is 1. The Morgan fingerprint density at radius 1 is 1.13 bits per heavy atom. The van der Waals surface area contributed by atoms with E-state index in [0.717, 1.165) is 10.5 Å². The summed E-state index contributed by atoms with van der Waals surface area (Å²) < 4.78 is 0. The van der Waals surface area contributed by atoms with Crippen molar-refractivity contribution in [3.8, 4) is 0 Å². The molecule has 30 heavy (non-hydrogen) atoms. The largest absolute Gasteiger partial charge is 0.507 e. The fourth-order valence-electron chi connectivity index (χ4n) is 3.35. The number of rotatable bonds is 6. The summed E-state index contributed by atoms with van der Waals surface area (Å²) in [6, 6.07) is 10.8. The molecule has 0 spiro atoms. The van der Waals surface area contributed by atoms with Crippen LogP contribution < -0.4 is 0 Å². The first-order chi connectivity index (χ1) is 14.2. The number of carbonyl (C=O) groups is 3. The molecule has 0 aromatic heterocycles. The Hall–Kier alpha value is -4.01. The summed E-state index contributed by atoms with van der Waals surface area (Å²) in [4.78, 5) is 48.0. The fourth-order valence-corrected chi connectivity index (χ4v) is 3.35. The lowest BCUT2D eigenvalue weighted by Gasteiger charge is -2.24. The number of carbonyl (C=O) groups excluding carboxylic acids is 2. The second kappa shape index (κ2) is 8.16. The van der Waals surface area contributed by atoms with Gasteiger partial charge in [-0.3, -0.25) is 24.5 Å². The van der Waals surface area contributed by atoms with Crippen molar-refractivity contribution in [3.63, 3.8) is 0 Å². The van der Waals surface area contributed by atoms with E-state index >= 15 is 0 Å². The normalized spacial score (nSPS) is 17.9. The van der Waals surface area contributed by atoms with Crippen molar-refractivity contribution in [1.82, 2.24) is 4.90 Å². The molecule has 9 heteroatoms. The van der Waals surface area contributed by atoms with Crippen LogP contribution in [0.1, 0.15) is 29.2 Å². The number of nitrogens with zero attached hydrogens (tertiary/aromatic N) is 2. The summed E-state index contributed by atoms with van der Waals surface area (Å²) in [6.45, 7) is 1.55. The molecule has 0 aliphatic carbocycles. The molecule has 2 aromatic carbocycles. The maximum absolute atomic E-state index is 12.8. The van der Waals surface area contributed by atoms with Gasteiger partial charge < -0.3 is 15.1 Å². The van der Waals surface area contributed by atoms with Crippen LogP contribution in [-0.2, 0) is 14.4 Å². The predicted octanol–water partition coefficient (Wildman–Crippen LogP) is 2.80. The standard InChI is InChI=1S/C21H18N2O7/c1-12-5-7-13(8-6-12)19(26)17-18(14-3-2-4-15(11-14)23(29)30)22(10-9-16(24)25)21(28)20(17)27/h2-8,11,18,26H,9-10H2,1H3,(H,24,25)/t18-/m1/s1. The van der Waals surface area contributed by atoms with Gasteiger partial charge in [-0.25, -0.2) is 0 Å². The SMILES string of the molecule is Cc1ccc(C(O)=C2C(=O)C(=O)N(CCC(=O)O)[C@@H]2c2cccc([N+](=O)[O-])c2)cc1. The number of aliphatic carboxylic acids is 1. The number of nitro benzene ring substituents is 1. The maximum atomic E-state index is 12.8. The van der Waals surface area contributed by atoms with Gasteiger partial charge >= 0.3 is 5.97 Å². The van der Waals surface area contributed by atoms with E-state index < -0.39 is 40.8 Å². The number of nitro groups is 1. The van der Waals surface area contributed by atoms with Crippen molar-refractivity contribution in [2.24, 2.45) is 0 Å². The number of likely N-dealkylation sites (tertiary alicyclic amines) is 1. The van der Waals surface area contributed by atoms with Crippen LogP contribution in [0.25, 0.3) is 5.76 Å². The number of carboxylic acid groups (broad SMARTS) is 1. The third-order valence-corrected chi connectivity index (χ3v) is 4.83. The van der Waals surface area contributed by atoms with Gasteiger partial charge in [-0.2, -0.15) is 0 Å². The van der Waals surface area contributed by atoms with Crippen LogP contribution in [0.5, 0.6) is 0 Å². The minimum atomic E-state index is -1.17. The minimum Gasteiger partial charge on any atom is -0.507 e. The van der Waals surface area contributed by atoms with Crippen molar-refractivity contribution in [2.75, 3.05) is 6.54 Å². The van der Waals surface area contributed by atoms with Crippen LogP contribution in [0.2, 0.25) is 0 Å². The molecule has 0 unspecified atom stereocenters. The third-order valence-electron chi connectivity index (χ3n) is 4.83. The predicted molar refractivity (Wildman–Crippen MR) is 106 cm³/mol. The average Bonchev–Trinajstić information content (AvgIpc) is 2.97. The van der Waals surface area contributed by atoms with E-state index in [4.69, 9.17) is 5.11 Å². The third kappa shape index (κ3) is 3.90. The lowest BCUT2D eigenvalue weighted by atomic mass is 9.94. The zero-order chi connectivity index (χ0) is 22.0. The second-order valence-corrected chi connectivity index (χ2v) is 6.85. The Morgan fingerprint density at radius 3 is 2.40 bits per heavy atom. The molecule has 1 fully saturated rings. The molecule has 1 amide bonds. The molecule has 0 radical (unpaired) electrons. The summed E-state index contributed by atoms with van der Waals surface area (Å²) >= 11 is 0. The smallest absolute Gasteiger partial charge is 0.305 e. The summed E-state index contributed by atoms with van der Waals surface area (Å²) in [5, 5.41) is 31.0. The highest BCUT2D eigenvalue weighted by molar-refractivity contribution is 6.46. The van der Waals surface area contributed by atoms with Crippen LogP contribution in [0, 0.1) is 17.0 Å². The van der Waals surface area contributed by atoms with Gasteiger partial charge in [-0.15, -0.1) is 0 Å². The van der Waals surface area contributed by atoms with Crippen LogP contribution in [0.3, 0.4) is 0 Å². The molecule has 0 bridgehead atoms. The summed E-state index contributed by atoms with van der Waals surface area (Å²) in [6.07, 6.45) is -0.428. The van der Waals surface area contributed by atoms with E-state index in [1.807, 2.05) is 6.92 Å². The highest BCUT2D eigenvalue weighted by Crippen LogP contribution is 2.40. The van der Waals surface area contributed by atoms with Gasteiger partial charge in [0.1, 0.15) is 5.76 Å². The van der Waals surface area contributed by atoms with Crippen molar-refractivity contribution in [2.45, 2.75) is 19.4 Å². The Labute approximate surface area is 171 Å². The van der Waals surface area contributed by atoms with Crippen LogP contribution >= 0.6 is 0 Å². The van der Waals surface area contributed by atoms with Crippen LogP contribution in [0.15, 0.2) is 54.1 Å². The minimum absolute atomic E-state index is 0.224. The van der Waals surface area contributed by atoms with Gasteiger partial charge in [-0.1, -0.05) is 42.0 Å². The van der Waals surface area contributed by atoms with E-state index in [1.54, 1.807) is 24.3 Å². The number of benzene rings is 2. The first-order valence-electron chi connectivity index (χ1n) is 9.02. The molecule has 3 rings (SSSR count). The van der Waals surface area contributed by atoms with Gasteiger partial charge in [0.05, 0.1) is 23.0 Å². The zero-order valence-electron chi connectivity index (χ0n) is 15.9. The molecule has 1 heterocycles. The average molecular weight is 410 g/mol. The maximum Gasteiger partial charge on any atom is 0.305 e. The Morgan fingerprint density at radius 2 is 1.80 bits per heavy atom.